The van der Waals surface area contributed by atoms with Gasteiger partial charge in [0.1, 0.15) is 5.75 Å². The van der Waals surface area contributed by atoms with Crippen LogP contribution in [0.5, 0.6) is 5.75 Å². The minimum absolute atomic E-state index is 0.128. The zero-order valence-corrected chi connectivity index (χ0v) is 14.4. The quantitative estimate of drug-likeness (QED) is 0.851. The van der Waals surface area contributed by atoms with Crippen LogP contribution in [0.25, 0.3) is 0 Å². The van der Waals surface area contributed by atoms with Gasteiger partial charge in [0.15, 0.2) is 0 Å². The van der Waals surface area contributed by atoms with Crippen LogP contribution in [-0.2, 0) is 4.74 Å². The third-order valence-corrected chi connectivity index (χ3v) is 4.56. The number of benzene rings is 1. The van der Waals surface area contributed by atoms with Crippen molar-refractivity contribution in [1.82, 2.24) is 4.90 Å². The molecular formula is C16H25BrN2O2. The fourth-order valence-electron chi connectivity index (χ4n) is 2.91. The van der Waals surface area contributed by atoms with Gasteiger partial charge in [-0.15, -0.1) is 0 Å². The summed E-state index contributed by atoms with van der Waals surface area (Å²) in [5.41, 5.74) is 7.15. The van der Waals surface area contributed by atoms with Crippen LogP contribution in [0, 0.1) is 0 Å². The molecule has 1 saturated heterocycles. The van der Waals surface area contributed by atoms with Crippen molar-refractivity contribution in [1.29, 1.82) is 0 Å². The lowest BCUT2D eigenvalue weighted by molar-refractivity contribution is -0.00791. The monoisotopic (exact) mass is 356 g/mol. The Kier molecular flexibility index (Phi) is 6.48. The minimum atomic E-state index is 0.128. The van der Waals surface area contributed by atoms with E-state index in [0.717, 1.165) is 35.4 Å². The summed E-state index contributed by atoms with van der Waals surface area (Å²) in [6.45, 7) is 2.33. The minimum Gasteiger partial charge on any atom is -0.496 e. The molecule has 2 N–H and O–H groups in total. The number of halogens is 1. The van der Waals surface area contributed by atoms with Crippen molar-refractivity contribution < 1.29 is 9.47 Å². The second-order valence-electron chi connectivity index (χ2n) is 5.57. The van der Waals surface area contributed by atoms with E-state index in [2.05, 4.69) is 33.9 Å². The molecule has 1 heterocycles. The van der Waals surface area contributed by atoms with Gasteiger partial charge in [-0.2, -0.15) is 0 Å². The number of hydrogen-bond acceptors (Lipinski definition) is 4. The third-order valence-electron chi connectivity index (χ3n) is 4.07. The Hall–Kier alpha value is -0.620. The lowest BCUT2D eigenvalue weighted by Gasteiger charge is -2.33. The summed E-state index contributed by atoms with van der Waals surface area (Å²) < 4.78 is 12.4. The summed E-state index contributed by atoms with van der Waals surface area (Å²) in [4.78, 5) is 2.28. The van der Waals surface area contributed by atoms with Crippen molar-refractivity contribution in [2.45, 2.75) is 31.4 Å². The summed E-state index contributed by atoms with van der Waals surface area (Å²) in [7, 11) is 3.81. The highest BCUT2D eigenvalue weighted by molar-refractivity contribution is 9.10. The Morgan fingerprint density at radius 3 is 2.90 bits per heavy atom. The van der Waals surface area contributed by atoms with E-state index in [0.29, 0.717) is 12.6 Å². The van der Waals surface area contributed by atoms with Crippen molar-refractivity contribution >= 4 is 15.9 Å². The Labute approximate surface area is 135 Å². The molecule has 4 nitrogen and oxygen atoms in total. The highest BCUT2D eigenvalue weighted by atomic mass is 79.9. The van der Waals surface area contributed by atoms with E-state index in [1.54, 1.807) is 7.11 Å². The predicted octanol–water partition coefficient (Wildman–Crippen LogP) is 2.96. The van der Waals surface area contributed by atoms with Gasteiger partial charge in [-0.1, -0.05) is 15.9 Å². The first-order valence-electron chi connectivity index (χ1n) is 7.51. The smallest absolute Gasteiger partial charge is 0.123 e. The second kappa shape index (κ2) is 8.13. The van der Waals surface area contributed by atoms with Crippen molar-refractivity contribution in [2.24, 2.45) is 5.73 Å². The first kappa shape index (κ1) is 16.7. The zero-order valence-electron chi connectivity index (χ0n) is 12.8. The number of likely N-dealkylation sites (N-methyl/N-ethyl adjacent to an activating group) is 1. The van der Waals surface area contributed by atoms with E-state index in [9.17, 15) is 0 Å². The van der Waals surface area contributed by atoms with E-state index < -0.39 is 0 Å². The molecule has 1 aliphatic heterocycles. The van der Waals surface area contributed by atoms with Crippen LogP contribution in [-0.4, -0.2) is 44.9 Å². The highest BCUT2D eigenvalue weighted by Gasteiger charge is 2.23. The molecule has 1 aromatic carbocycles. The summed E-state index contributed by atoms with van der Waals surface area (Å²) in [6.07, 6.45) is 3.89. The zero-order chi connectivity index (χ0) is 15.2. The van der Waals surface area contributed by atoms with Crippen molar-refractivity contribution in [3.63, 3.8) is 0 Å². The Morgan fingerprint density at radius 2 is 2.29 bits per heavy atom. The molecule has 2 atom stereocenters. The fourth-order valence-corrected chi connectivity index (χ4v) is 3.29. The lowest BCUT2D eigenvalue weighted by atomic mass is 10.0. The number of hydrogen-bond donors (Lipinski definition) is 1. The molecule has 5 heteroatoms. The van der Waals surface area contributed by atoms with Crippen molar-refractivity contribution in [3.8, 4) is 5.75 Å². The third kappa shape index (κ3) is 4.42. The Morgan fingerprint density at radius 1 is 1.48 bits per heavy atom. The van der Waals surface area contributed by atoms with Crippen molar-refractivity contribution in [3.05, 3.63) is 28.2 Å². The van der Waals surface area contributed by atoms with Crippen LogP contribution < -0.4 is 10.5 Å². The normalized spacial score (nSPS) is 20.5. The van der Waals surface area contributed by atoms with Crippen LogP contribution in [0.1, 0.15) is 30.9 Å². The predicted molar refractivity (Wildman–Crippen MR) is 88.7 cm³/mol. The van der Waals surface area contributed by atoms with Gasteiger partial charge >= 0.3 is 0 Å². The topological polar surface area (TPSA) is 47.7 Å². The number of nitrogens with zero attached hydrogens (tertiary/aromatic N) is 1. The largest absolute Gasteiger partial charge is 0.496 e. The first-order chi connectivity index (χ1) is 10.2. The SMILES string of the molecule is COc1ccc(Br)cc1C(CN)N(C)CC1CCCCO1. The van der Waals surface area contributed by atoms with E-state index in [1.807, 2.05) is 12.1 Å². The number of methoxy groups -OCH3 is 1. The lowest BCUT2D eigenvalue weighted by Crippen LogP contribution is -2.38. The first-order valence-corrected chi connectivity index (χ1v) is 8.30. The van der Waals surface area contributed by atoms with Crippen LogP contribution >= 0.6 is 15.9 Å². The Bertz CT molecular complexity index is 450. The molecule has 21 heavy (non-hydrogen) atoms. The van der Waals surface area contributed by atoms with Gasteiger partial charge in [-0.05, 0) is 44.5 Å². The number of nitrogens with two attached hydrogens (primary N) is 1. The van der Waals surface area contributed by atoms with Gasteiger partial charge in [0, 0.05) is 29.7 Å². The maximum absolute atomic E-state index is 6.03. The summed E-state index contributed by atoms with van der Waals surface area (Å²) in [5, 5.41) is 0. The molecule has 0 bridgehead atoms. The van der Waals surface area contributed by atoms with Gasteiger partial charge in [0.05, 0.1) is 19.3 Å². The molecule has 118 valence electrons. The molecule has 0 saturated carbocycles. The maximum Gasteiger partial charge on any atom is 0.123 e. The standard InChI is InChI=1S/C16H25BrN2O2/c1-19(11-13-5-3-4-8-21-13)15(10-18)14-9-12(17)6-7-16(14)20-2/h6-7,9,13,15H,3-5,8,10-11,18H2,1-2H3. The summed E-state index contributed by atoms with van der Waals surface area (Å²) in [5.74, 6) is 0.880. The van der Waals surface area contributed by atoms with Gasteiger partial charge in [0.25, 0.3) is 0 Å². The molecule has 2 unspecified atom stereocenters. The van der Waals surface area contributed by atoms with E-state index in [1.165, 1.54) is 12.8 Å². The van der Waals surface area contributed by atoms with Gasteiger partial charge in [-0.3, -0.25) is 4.90 Å². The molecule has 0 aliphatic carbocycles. The molecule has 2 rings (SSSR count). The van der Waals surface area contributed by atoms with Crippen LogP contribution in [0.15, 0.2) is 22.7 Å². The van der Waals surface area contributed by atoms with Gasteiger partial charge < -0.3 is 15.2 Å². The van der Waals surface area contributed by atoms with Gasteiger partial charge in [0.2, 0.25) is 0 Å². The summed E-state index contributed by atoms with van der Waals surface area (Å²) in [6, 6.07) is 6.19. The molecule has 0 amide bonds. The summed E-state index contributed by atoms with van der Waals surface area (Å²) >= 11 is 3.53. The molecule has 0 radical (unpaired) electrons. The second-order valence-corrected chi connectivity index (χ2v) is 6.48. The molecule has 1 aromatic rings. The van der Waals surface area contributed by atoms with E-state index in [4.69, 9.17) is 15.2 Å². The Balaban J connectivity index is 2.12. The van der Waals surface area contributed by atoms with E-state index >= 15 is 0 Å². The highest BCUT2D eigenvalue weighted by Crippen LogP contribution is 2.31. The molecule has 1 aliphatic rings. The van der Waals surface area contributed by atoms with E-state index in [-0.39, 0.29) is 6.04 Å². The van der Waals surface area contributed by atoms with Crippen LogP contribution in [0.3, 0.4) is 0 Å². The number of ether oxygens (including phenoxy) is 2. The molecule has 1 fully saturated rings. The maximum atomic E-state index is 6.03. The van der Waals surface area contributed by atoms with Crippen molar-refractivity contribution in [2.75, 3.05) is 33.9 Å². The number of rotatable bonds is 6. The average Bonchev–Trinajstić information content (AvgIpc) is 2.49. The van der Waals surface area contributed by atoms with Crippen LogP contribution in [0.4, 0.5) is 0 Å². The molecular weight excluding hydrogens is 332 g/mol. The van der Waals surface area contributed by atoms with Crippen LogP contribution in [0.2, 0.25) is 0 Å². The van der Waals surface area contributed by atoms with Gasteiger partial charge in [-0.25, -0.2) is 0 Å². The fraction of sp³-hybridized carbons (Fsp3) is 0.625. The molecule has 0 aromatic heterocycles. The average molecular weight is 357 g/mol. The molecule has 0 spiro atoms.